The van der Waals surface area contributed by atoms with E-state index in [9.17, 15) is 4.79 Å². The Balaban J connectivity index is 2.95. The lowest BCUT2D eigenvalue weighted by atomic mass is 9.92. The third kappa shape index (κ3) is 2.24. The van der Waals surface area contributed by atoms with Crippen molar-refractivity contribution in [1.82, 2.24) is 0 Å². The van der Waals surface area contributed by atoms with E-state index in [-0.39, 0.29) is 5.92 Å². The Kier molecular flexibility index (Phi) is 3.48. The van der Waals surface area contributed by atoms with Crippen molar-refractivity contribution in [2.75, 3.05) is 0 Å². The van der Waals surface area contributed by atoms with E-state index in [0.29, 0.717) is 11.7 Å². The molecule has 1 rings (SSSR count). The molecule has 0 amide bonds. The molecule has 0 N–H and O–H groups in total. The SMILES string of the molecule is Cc1cc(C)c(C(=O)C(C)C(C)C)s1. The number of ketones is 1. The first-order chi connectivity index (χ1) is 6.43. The highest BCUT2D eigenvalue weighted by Gasteiger charge is 2.21. The van der Waals surface area contributed by atoms with Crippen LogP contribution in [-0.4, -0.2) is 5.78 Å². The molecule has 1 unspecified atom stereocenters. The number of Topliss-reactive ketones (excluding diaryl/α,β-unsaturated/α-hetero) is 1. The number of thiophene rings is 1. The van der Waals surface area contributed by atoms with Gasteiger partial charge in [0.25, 0.3) is 0 Å². The third-order valence-electron chi connectivity index (χ3n) is 2.68. The Morgan fingerprint density at radius 2 is 1.86 bits per heavy atom. The summed E-state index contributed by atoms with van der Waals surface area (Å²) >= 11 is 1.62. The van der Waals surface area contributed by atoms with Gasteiger partial charge in [0.2, 0.25) is 0 Å². The zero-order valence-corrected chi connectivity index (χ0v) is 10.4. The molecule has 0 saturated carbocycles. The Bertz CT molecular complexity index is 336. The lowest BCUT2D eigenvalue weighted by molar-refractivity contribution is 0.0903. The molecule has 2 heteroatoms. The van der Waals surface area contributed by atoms with Gasteiger partial charge in [0.05, 0.1) is 4.88 Å². The molecule has 0 bridgehead atoms. The van der Waals surface area contributed by atoms with Crippen LogP contribution >= 0.6 is 11.3 Å². The smallest absolute Gasteiger partial charge is 0.176 e. The van der Waals surface area contributed by atoms with E-state index in [1.807, 2.05) is 13.8 Å². The second-order valence-electron chi connectivity index (χ2n) is 4.27. The fourth-order valence-corrected chi connectivity index (χ4v) is 2.46. The summed E-state index contributed by atoms with van der Waals surface area (Å²) in [5.74, 6) is 0.853. The molecule has 78 valence electrons. The van der Waals surface area contributed by atoms with Crippen molar-refractivity contribution in [3.05, 3.63) is 21.4 Å². The van der Waals surface area contributed by atoms with Gasteiger partial charge in [0.15, 0.2) is 5.78 Å². The van der Waals surface area contributed by atoms with E-state index < -0.39 is 0 Å². The van der Waals surface area contributed by atoms with E-state index >= 15 is 0 Å². The lowest BCUT2D eigenvalue weighted by Gasteiger charge is -2.13. The van der Waals surface area contributed by atoms with Crippen molar-refractivity contribution in [2.24, 2.45) is 11.8 Å². The molecule has 0 saturated heterocycles. The first-order valence-electron chi connectivity index (χ1n) is 5.04. The predicted molar refractivity (Wildman–Crippen MR) is 62.1 cm³/mol. The summed E-state index contributed by atoms with van der Waals surface area (Å²) in [5, 5.41) is 0. The fourth-order valence-electron chi connectivity index (χ4n) is 1.40. The molecule has 0 aliphatic rings. The summed E-state index contributed by atoms with van der Waals surface area (Å²) in [6.07, 6.45) is 0. The molecule has 1 aromatic heterocycles. The zero-order chi connectivity index (χ0) is 10.9. The molecule has 1 atom stereocenters. The molecule has 0 fully saturated rings. The minimum absolute atomic E-state index is 0.131. The Morgan fingerprint density at radius 1 is 1.29 bits per heavy atom. The van der Waals surface area contributed by atoms with Crippen LogP contribution in [0.5, 0.6) is 0 Å². The van der Waals surface area contributed by atoms with Gasteiger partial charge in [-0.2, -0.15) is 0 Å². The highest BCUT2D eigenvalue weighted by Crippen LogP contribution is 2.26. The molecule has 14 heavy (non-hydrogen) atoms. The largest absolute Gasteiger partial charge is 0.293 e. The lowest BCUT2D eigenvalue weighted by Crippen LogP contribution is -2.16. The zero-order valence-electron chi connectivity index (χ0n) is 9.55. The van der Waals surface area contributed by atoms with Crippen molar-refractivity contribution in [3.8, 4) is 0 Å². The summed E-state index contributed by atoms with van der Waals surface area (Å²) < 4.78 is 0. The van der Waals surface area contributed by atoms with Gasteiger partial charge in [-0.3, -0.25) is 4.79 Å². The standard InChI is InChI=1S/C12H18OS/c1-7(2)10(5)11(13)12-8(3)6-9(4)14-12/h6-7,10H,1-5H3. The Labute approximate surface area is 90.2 Å². The van der Waals surface area contributed by atoms with E-state index in [1.54, 1.807) is 11.3 Å². The summed E-state index contributed by atoms with van der Waals surface area (Å²) in [6.45, 7) is 10.3. The van der Waals surface area contributed by atoms with Crippen LogP contribution in [0.25, 0.3) is 0 Å². The second kappa shape index (κ2) is 4.26. The van der Waals surface area contributed by atoms with Gasteiger partial charge in [-0.05, 0) is 31.4 Å². The molecule has 0 aromatic carbocycles. The van der Waals surface area contributed by atoms with Crippen LogP contribution in [0, 0.1) is 25.7 Å². The molecule has 0 spiro atoms. The van der Waals surface area contributed by atoms with Crippen LogP contribution in [0.4, 0.5) is 0 Å². The Hall–Kier alpha value is -0.630. The summed E-state index contributed by atoms with van der Waals surface area (Å²) in [6, 6.07) is 2.09. The van der Waals surface area contributed by atoms with Gasteiger partial charge in [0.1, 0.15) is 0 Å². The molecule has 1 heterocycles. The highest BCUT2D eigenvalue weighted by atomic mass is 32.1. The first kappa shape index (κ1) is 11.4. The molecule has 0 aliphatic heterocycles. The molecule has 1 aromatic rings. The number of hydrogen-bond donors (Lipinski definition) is 0. The van der Waals surface area contributed by atoms with Crippen LogP contribution in [0.15, 0.2) is 6.07 Å². The van der Waals surface area contributed by atoms with Crippen molar-refractivity contribution >= 4 is 17.1 Å². The third-order valence-corrected chi connectivity index (χ3v) is 3.85. The van der Waals surface area contributed by atoms with Crippen LogP contribution in [0.3, 0.4) is 0 Å². The molecular formula is C12H18OS. The fraction of sp³-hybridized carbons (Fsp3) is 0.583. The minimum atomic E-state index is 0.131. The van der Waals surface area contributed by atoms with Gasteiger partial charge in [-0.15, -0.1) is 11.3 Å². The molecule has 1 nitrogen and oxygen atoms in total. The van der Waals surface area contributed by atoms with Crippen LogP contribution in [-0.2, 0) is 0 Å². The first-order valence-corrected chi connectivity index (χ1v) is 5.86. The number of carbonyl (C=O) groups is 1. The summed E-state index contributed by atoms with van der Waals surface area (Å²) in [7, 11) is 0. The van der Waals surface area contributed by atoms with Crippen LogP contribution in [0.1, 0.15) is 40.9 Å². The van der Waals surface area contributed by atoms with E-state index in [1.165, 1.54) is 4.88 Å². The molecular weight excluding hydrogens is 192 g/mol. The Morgan fingerprint density at radius 3 is 2.21 bits per heavy atom. The number of rotatable bonds is 3. The molecule has 0 aliphatic carbocycles. The van der Waals surface area contributed by atoms with Crippen LogP contribution in [0.2, 0.25) is 0 Å². The van der Waals surface area contributed by atoms with Crippen molar-refractivity contribution in [3.63, 3.8) is 0 Å². The maximum Gasteiger partial charge on any atom is 0.176 e. The van der Waals surface area contributed by atoms with Gasteiger partial charge >= 0.3 is 0 Å². The maximum atomic E-state index is 12.0. The number of hydrogen-bond acceptors (Lipinski definition) is 2. The monoisotopic (exact) mass is 210 g/mol. The molecule has 0 radical (unpaired) electrons. The minimum Gasteiger partial charge on any atom is -0.293 e. The number of aryl methyl sites for hydroxylation is 2. The second-order valence-corrected chi connectivity index (χ2v) is 5.52. The summed E-state index contributed by atoms with van der Waals surface area (Å²) in [5.41, 5.74) is 1.13. The van der Waals surface area contributed by atoms with Gasteiger partial charge in [-0.1, -0.05) is 20.8 Å². The van der Waals surface area contributed by atoms with Crippen LogP contribution < -0.4 is 0 Å². The predicted octanol–water partition coefficient (Wildman–Crippen LogP) is 3.84. The van der Waals surface area contributed by atoms with Crippen molar-refractivity contribution in [2.45, 2.75) is 34.6 Å². The average Bonchev–Trinajstić information content (AvgIpc) is 2.42. The van der Waals surface area contributed by atoms with Gasteiger partial charge in [0, 0.05) is 10.8 Å². The quantitative estimate of drug-likeness (QED) is 0.693. The highest BCUT2D eigenvalue weighted by molar-refractivity contribution is 7.14. The van der Waals surface area contributed by atoms with E-state index in [2.05, 4.69) is 26.8 Å². The van der Waals surface area contributed by atoms with Crippen molar-refractivity contribution in [1.29, 1.82) is 0 Å². The number of carbonyl (C=O) groups excluding carboxylic acids is 1. The summed E-state index contributed by atoms with van der Waals surface area (Å²) in [4.78, 5) is 14.2. The average molecular weight is 210 g/mol. The van der Waals surface area contributed by atoms with Gasteiger partial charge < -0.3 is 0 Å². The topological polar surface area (TPSA) is 17.1 Å². The van der Waals surface area contributed by atoms with Gasteiger partial charge in [-0.25, -0.2) is 0 Å². The van der Waals surface area contributed by atoms with E-state index in [4.69, 9.17) is 0 Å². The van der Waals surface area contributed by atoms with Crippen molar-refractivity contribution < 1.29 is 4.79 Å². The normalized spacial score (nSPS) is 13.3. The van der Waals surface area contributed by atoms with E-state index in [0.717, 1.165) is 10.4 Å². The maximum absolute atomic E-state index is 12.0.